The number of fused-ring (bicyclic) bond motifs is 1. The highest BCUT2D eigenvalue weighted by Crippen LogP contribution is 2.27. The third kappa shape index (κ3) is 4.56. The highest BCUT2D eigenvalue weighted by atomic mass is 16.6. The van der Waals surface area contributed by atoms with Crippen LogP contribution in [0.5, 0.6) is 0 Å². The highest BCUT2D eigenvalue weighted by molar-refractivity contribution is 5.95. The summed E-state index contributed by atoms with van der Waals surface area (Å²) in [5.41, 5.74) is 2.64. The van der Waals surface area contributed by atoms with E-state index in [1.807, 2.05) is 39.0 Å². The maximum Gasteiger partial charge on any atom is 0.410 e. The number of benzene rings is 1. The van der Waals surface area contributed by atoms with Gasteiger partial charge in [-0.25, -0.2) is 9.78 Å². The van der Waals surface area contributed by atoms with E-state index in [9.17, 15) is 9.59 Å². The van der Waals surface area contributed by atoms with Gasteiger partial charge in [0.25, 0.3) is 5.91 Å². The van der Waals surface area contributed by atoms with Crippen LogP contribution in [0, 0.1) is 0 Å². The average molecular weight is 409 g/mol. The first-order chi connectivity index (χ1) is 14.3. The van der Waals surface area contributed by atoms with Gasteiger partial charge < -0.3 is 19.9 Å². The maximum atomic E-state index is 12.8. The zero-order valence-electron chi connectivity index (χ0n) is 17.7. The molecule has 1 saturated heterocycles. The number of carbonyl (C=O) groups is 2. The van der Waals surface area contributed by atoms with Gasteiger partial charge in [0.2, 0.25) is 0 Å². The minimum atomic E-state index is -0.527. The van der Waals surface area contributed by atoms with Crippen LogP contribution in [0.2, 0.25) is 0 Å². The van der Waals surface area contributed by atoms with Crippen molar-refractivity contribution in [2.75, 3.05) is 18.0 Å². The van der Waals surface area contributed by atoms with E-state index < -0.39 is 5.60 Å². The van der Waals surface area contributed by atoms with Crippen molar-refractivity contribution in [1.82, 2.24) is 15.2 Å². The lowest BCUT2D eigenvalue weighted by atomic mass is 10.1. The molecule has 30 heavy (non-hydrogen) atoms. The molecule has 0 aliphatic carbocycles. The van der Waals surface area contributed by atoms with Crippen LogP contribution in [-0.4, -0.2) is 46.6 Å². The Kier molecular flexibility index (Phi) is 5.37. The number of carbonyl (C=O) groups excluding carboxylic acids is 2. The number of hydrogen-bond donors (Lipinski definition) is 1. The largest absolute Gasteiger partial charge is 0.444 e. The first-order valence-corrected chi connectivity index (χ1v) is 10.3. The molecule has 1 fully saturated rings. The summed E-state index contributed by atoms with van der Waals surface area (Å²) in [6.45, 7) is 8.16. The maximum absolute atomic E-state index is 12.8. The second-order valence-electron chi connectivity index (χ2n) is 8.91. The summed E-state index contributed by atoms with van der Waals surface area (Å²) in [5, 5.41) is 3.04. The van der Waals surface area contributed by atoms with Gasteiger partial charge in [0.05, 0.1) is 0 Å². The van der Waals surface area contributed by atoms with Crippen molar-refractivity contribution in [1.29, 1.82) is 0 Å². The van der Waals surface area contributed by atoms with E-state index in [0.717, 1.165) is 18.9 Å². The lowest BCUT2D eigenvalue weighted by Crippen LogP contribution is -2.40. The van der Waals surface area contributed by atoms with Crippen molar-refractivity contribution in [2.45, 2.75) is 51.9 Å². The molecule has 4 rings (SSSR count). The molecule has 0 saturated carbocycles. The molecule has 0 unspecified atom stereocenters. The van der Waals surface area contributed by atoms with Gasteiger partial charge in [-0.15, -0.1) is 0 Å². The number of likely N-dealkylation sites (tertiary alicyclic amines) is 1. The lowest BCUT2D eigenvalue weighted by Gasteiger charge is -2.24. The van der Waals surface area contributed by atoms with Crippen molar-refractivity contribution in [2.24, 2.45) is 0 Å². The number of nitrogens with zero attached hydrogens (tertiary/aromatic N) is 3. The molecule has 1 N–H and O–H groups in total. The van der Waals surface area contributed by atoms with Crippen molar-refractivity contribution < 1.29 is 14.3 Å². The Morgan fingerprint density at radius 1 is 1.13 bits per heavy atom. The van der Waals surface area contributed by atoms with Gasteiger partial charge in [0, 0.05) is 44.0 Å². The van der Waals surface area contributed by atoms with Crippen LogP contribution in [0.1, 0.15) is 48.7 Å². The topological polar surface area (TPSA) is 74.8 Å². The van der Waals surface area contributed by atoms with Crippen molar-refractivity contribution in [3.05, 3.63) is 59.3 Å². The van der Waals surface area contributed by atoms with Crippen LogP contribution >= 0.6 is 0 Å². The molecule has 1 atom stereocenters. The Labute approximate surface area is 177 Å². The van der Waals surface area contributed by atoms with Crippen LogP contribution in [0.3, 0.4) is 0 Å². The zero-order valence-corrected chi connectivity index (χ0v) is 17.7. The molecule has 2 aliphatic heterocycles. The fraction of sp³-hybridized carbons (Fsp3) is 0.435. The fourth-order valence-corrected chi connectivity index (χ4v) is 3.87. The molecule has 3 heterocycles. The number of amides is 2. The summed E-state index contributed by atoms with van der Waals surface area (Å²) in [5.74, 6) is 0.645. The molecule has 0 radical (unpaired) electrons. The minimum absolute atomic E-state index is 0.0855. The number of aromatic nitrogens is 1. The van der Waals surface area contributed by atoms with E-state index in [1.54, 1.807) is 17.2 Å². The van der Waals surface area contributed by atoms with E-state index in [-0.39, 0.29) is 18.0 Å². The van der Waals surface area contributed by atoms with Gasteiger partial charge in [-0.1, -0.05) is 24.3 Å². The Morgan fingerprint density at radius 2 is 1.83 bits per heavy atom. The van der Waals surface area contributed by atoms with E-state index in [4.69, 9.17) is 4.74 Å². The highest BCUT2D eigenvalue weighted by Gasteiger charge is 2.31. The molecule has 2 aromatic rings. The Hall–Kier alpha value is -3.09. The summed E-state index contributed by atoms with van der Waals surface area (Å²) in [6, 6.07) is 11.8. The normalized spacial score (nSPS) is 18.3. The number of pyridine rings is 1. The van der Waals surface area contributed by atoms with Gasteiger partial charge in [0.1, 0.15) is 11.4 Å². The molecule has 7 nitrogen and oxygen atoms in total. The van der Waals surface area contributed by atoms with Crippen LogP contribution in [0.15, 0.2) is 42.6 Å². The van der Waals surface area contributed by atoms with Crippen molar-refractivity contribution in [3.8, 4) is 0 Å². The summed E-state index contributed by atoms with van der Waals surface area (Å²) >= 11 is 0. The summed E-state index contributed by atoms with van der Waals surface area (Å²) in [6.07, 6.45) is 2.05. The monoisotopic (exact) mass is 408 g/mol. The number of hydrogen-bond acceptors (Lipinski definition) is 5. The number of nitrogens with one attached hydrogen (secondary N) is 1. The SMILES string of the molecule is CC(C)(C)OC(=O)N1CC[C@@H](NC(=O)c2ccnc(N3Cc4ccccc4C3)c2)C1. The quantitative estimate of drug-likeness (QED) is 0.843. The standard InChI is InChI=1S/C23H28N4O3/c1-23(2,3)30-22(29)26-11-9-19(15-26)25-21(28)16-8-10-24-20(12-16)27-13-17-6-4-5-7-18(17)14-27/h4-8,10,12,19H,9,11,13-15H2,1-3H3,(H,25,28)/t19-/m1/s1. The molecule has 1 aromatic heterocycles. The van der Waals surface area contributed by atoms with E-state index in [0.29, 0.717) is 25.1 Å². The fourth-order valence-electron chi connectivity index (χ4n) is 3.87. The Morgan fingerprint density at radius 3 is 2.50 bits per heavy atom. The van der Waals surface area contributed by atoms with Gasteiger partial charge in [0.15, 0.2) is 0 Å². The molecule has 1 aromatic carbocycles. The van der Waals surface area contributed by atoms with Gasteiger partial charge in [-0.2, -0.15) is 0 Å². The second-order valence-corrected chi connectivity index (χ2v) is 8.91. The van der Waals surface area contributed by atoms with Crippen LogP contribution < -0.4 is 10.2 Å². The smallest absolute Gasteiger partial charge is 0.410 e. The number of ether oxygens (including phenoxy) is 1. The molecular weight excluding hydrogens is 380 g/mol. The predicted octanol–water partition coefficient (Wildman–Crippen LogP) is 3.34. The average Bonchev–Trinajstić information content (AvgIpc) is 3.33. The minimum Gasteiger partial charge on any atom is -0.444 e. The zero-order chi connectivity index (χ0) is 21.3. The lowest BCUT2D eigenvalue weighted by molar-refractivity contribution is 0.0290. The molecular formula is C23H28N4O3. The Bertz CT molecular complexity index is 928. The molecule has 0 bridgehead atoms. The number of rotatable bonds is 3. The van der Waals surface area contributed by atoms with E-state index in [1.165, 1.54) is 11.1 Å². The summed E-state index contributed by atoms with van der Waals surface area (Å²) in [4.78, 5) is 33.3. The van der Waals surface area contributed by atoms with Crippen LogP contribution in [-0.2, 0) is 17.8 Å². The van der Waals surface area contributed by atoms with Gasteiger partial charge >= 0.3 is 6.09 Å². The van der Waals surface area contributed by atoms with E-state index in [2.05, 4.69) is 27.3 Å². The molecule has 0 spiro atoms. The van der Waals surface area contributed by atoms with Gasteiger partial charge in [-0.3, -0.25) is 4.79 Å². The van der Waals surface area contributed by atoms with Crippen LogP contribution in [0.4, 0.5) is 10.6 Å². The van der Waals surface area contributed by atoms with Crippen molar-refractivity contribution in [3.63, 3.8) is 0 Å². The van der Waals surface area contributed by atoms with Gasteiger partial charge in [-0.05, 0) is 50.5 Å². The third-order valence-corrected chi connectivity index (χ3v) is 5.35. The first-order valence-electron chi connectivity index (χ1n) is 10.3. The Balaban J connectivity index is 1.36. The number of anilines is 1. The predicted molar refractivity (Wildman–Crippen MR) is 114 cm³/mol. The second kappa shape index (κ2) is 7.97. The van der Waals surface area contributed by atoms with Crippen molar-refractivity contribution >= 4 is 17.8 Å². The molecule has 2 aliphatic rings. The third-order valence-electron chi connectivity index (χ3n) is 5.35. The summed E-state index contributed by atoms with van der Waals surface area (Å²) in [7, 11) is 0. The first kappa shape index (κ1) is 20.2. The molecule has 2 amide bonds. The van der Waals surface area contributed by atoms with Crippen LogP contribution in [0.25, 0.3) is 0 Å². The molecule has 7 heteroatoms. The molecule has 158 valence electrons. The van der Waals surface area contributed by atoms with E-state index >= 15 is 0 Å². The summed E-state index contributed by atoms with van der Waals surface area (Å²) < 4.78 is 5.42.